The summed E-state index contributed by atoms with van der Waals surface area (Å²) in [5, 5.41) is 2.78. The van der Waals surface area contributed by atoms with Crippen LogP contribution in [0.5, 0.6) is 11.5 Å². The fourth-order valence-corrected chi connectivity index (χ4v) is 2.27. The number of alkyl halides is 2. The molecule has 0 saturated carbocycles. The van der Waals surface area contributed by atoms with Crippen molar-refractivity contribution in [1.82, 2.24) is 5.32 Å². The number of hydrogen-bond acceptors (Lipinski definition) is 3. The van der Waals surface area contributed by atoms with Crippen molar-refractivity contribution >= 4 is 5.91 Å². The van der Waals surface area contributed by atoms with Crippen LogP contribution >= 0.6 is 0 Å². The average molecular weight is 335 g/mol. The molecule has 0 bridgehead atoms. The van der Waals surface area contributed by atoms with E-state index in [-0.39, 0.29) is 18.3 Å². The third-order valence-electron chi connectivity index (χ3n) is 3.37. The molecule has 1 amide bonds. The molecule has 0 aliphatic rings. The molecular formula is C18H19F2NO3. The molecule has 0 heterocycles. The quantitative estimate of drug-likeness (QED) is 0.795. The van der Waals surface area contributed by atoms with Crippen LogP contribution in [0.4, 0.5) is 8.78 Å². The van der Waals surface area contributed by atoms with Gasteiger partial charge in [-0.1, -0.05) is 43.3 Å². The van der Waals surface area contributed by atoms with Crippen LogP contribution < -0.4 is 14.8 Å². The SMILES string of the molecule is CC[C@H](NC(=O)COc1ccccc1)c1ccccc1OC(F)F. The molecule has 0 radical (unpaired) electrons. The number of amides is 1. The molecule has 0 aliphatic carbocycles. The van der Waals surface area contributed by atoms with Gasteiger partial charge < -0.3 is 14.8 Å². The summed E-state index contributed by atoms with van der Waals surface area (Å²) in [6.07, 6.45) is 0.528. The highest BCUT2D eigenvalue weighted by atomic mass is 19.3. The van der Waals surface area contributed by atoms with Gasteiger partial charge in [-0.15, -0.1) is 0 Å². The Hall–Kier alpha value is -2.63. The van der Waals surface area contributed by atoms with E-state index in [9.17, 15) is 13.6 Å². The molecule has 0 spiro atoms. The van der Waals surface area contributed by atoms with E-state index in [0.29, 0.717) is 17.7 Å². The third-order valence-corrected chi connectivity index (χ3v) is 3.37. The Labute approximate surface area is 139 Å². The van der Waals surface area contributed by atoms with E-state index in [4.69, 9.17) is 4.74 Å². The number of carbonyl (C=O) groups is 1. The second-order valence-corrected chi connectivity index (χ2v) is 5.05. The molecule has 0 aromatic heterocycles. The molecule has 2 aromatic carbocycles. The first-order valence-corrected chi connectivity index (χ1v) is 7.61. The van der Waals surface area contributed by atoms with Crippen LogP contribution in [0, 0.1) is 0 Å². The standard InChI is InChI=1S/C18H19F2NO3/c1-2-15(14-10-6-7-11-16(14)24-18(19)20)21-17(22)12-23-13-8-4-3-5-9-13/h3-11,15,18H,2,12H2,1H3,(H,21,22)/t15-/m0/s1. The first kappa shape index (κ1) is 17.7. The van der Waals surface area contributed by atoms with Gasteiger partial charge in [0.05, 0.1) is 6.04 Å². The Morgan fingerprint density at radius 1 is 1.08 bits per heavy atom. The van der Waals surface area contributed by atoms with Crippen molar-refractivity contribution in [2.75, 3.05) is 6.61 Å². The highest BCUT2D eigenvalue weighted by Gasteiger charge is 2.18. The topological polar surface area (TPSA) is 47.6 Å². The van der Waals surface area contributed by atoms with Crippen LogP contribution in [-0.2, 0) is 4.79 Å². The van der Waals surface area contributed by atoms with Gasteiger partial charge in [0.15, 0.2) is 6.61 Å². The molecule has 128 valence electrons. The summed E-state index contributed by atoms with van der Waals surface area (Å²) in [5.41, 5.74) is 0.508. The molecule has 0 unspecified atom stereocenters. The summed E-state index contributed by atoms with van der Waals surface area (Å²) in [6.45, 7) is -1.22. The number of benzene rings is 2. The minimum Gasteiger partial charge on any atom is -0.484 e. The summed E-state index contributed by atoms with van der Waals surface area (Å²) in [4.78, 5) is 12.1. The number of para-hydroxylation sites is 2. The van der Waals surface area contributed by atoms with Crippen molar-refractivity contribution in [3.05, 3.63) is 60.2 Å². The summed E-state index contributed by atoms with van der Waals surface area (Å²) in [6, 6.07) is 14.9. The Bertz CT molecular complexity index is 650. The molecule has 1 atom stereocenters. The van der Waals surface area contributed by atoms with Gasteiger partial charge in [0.2, 0.25) is 0 Å². The first-order chi connectivity index (χ1) is 11.6. The Morgan fingerprint density at radius 2 is 1.75 bits per heavy atom. The van der Waals surface area contributed by atoms with E-state index in [1.807, 2.05) is 13.0 Å². The predicted molar refractivity (Wildman–Crippen MR) is 86.2 cm³/mol. The van der Waals surface area contributed by atoms with Gasteiger partial charge in [0, 0.05) is 5.56 Å². The lowest BCUT2D eigenvalue weighted by Gasteiger charge is -2.20. The van der Waals surface area contributed by atoms with Gasteiger partial charge in [-0.25, -0.2) is 0 Å². The molecule has 0 fully saturated rings. The second-order valence-electron chi connectivity index (χ2n) is 5.05. The number of carbonyl (C=O) groups excluding carboxylic acids is 1. The molecule has 0 aliphatic heterocycles. The summed E-state index contributed by atoms with van der Waals surface area (Å²) < 4.78 is 34.9. The fourth-order valence-electron chi connectivity index (χ4n) is 2.27. The van der Waals surface area contributed by atoms with Crippen molar-refractivity contribution in [2.24, 2.45) is 0 Å². The largest absolute Gasteiger partial charge is 0.484 e. The number of halogens is 2. The van der Waals surface area contributed by atoms with E-state index < -0.39 is 12.7 Å². The van der Waals surface area contributed by atoms with Crippen molar-refractivity contribution in [2.45, 2.75) is 26.0 Å². The van der Waals surface area contributed by atoms with Crippen molar-refractivity contribution in [3.63, 3.8) is 0 Å². The van der Waals surface area contributed by atoms with Crippen LogP contribution in [0.3, 0.4) is 0 Å². The predicted octanol–water partition coefficient (Wildman–Crippen LogP) is 3.93. The van der Waals surface area contributed by atoms with Crippen LogP contribution in [0.1, 0.15) is 24.9 Å². The average Bonchev–Trinajstić information content (AvgIpc) is 2.59. The monoisotopic (exact) mass is 335 g/mol. The van der Waals surface area contributed by atoms with Gasteiger partial charge in [0.1, 0.15) is 11.5 Å². The molecule has 2 aromatic rings. The zero-order valence-corrected chi connectivity index (χ0v) is 13.2. The summed E-state index contributed by atoms with van der Waals surface area (Å²) in [5.74, 6) is 0.309. The summed E-state index contributed by atoms with van der Waals surface area (Å²) >= 11 is 0. The maximum atomic E-state index is 12.5. The van der Waals surface area contributed by atoms with Gasteiger partial charge in [-0.3, -0.25) is 4.79 Å². The van der Waals surface area contributed by atoms with Crippen molar-refractivity contribution in [1.29, 1.82) is 0 Å². The van der Waals surface area contributed by atoms with Crippen molar-refractivity contribution in [3.8, 4) is 11.5 Å². The van der Waals surface area contributed by atoms with E-state index >= 15 is 0 Å². The zero-order valence-electron chi connectivity index (χ0n) is 13.2. The zero-order chi connectivity index (χ0) is 17.4. The lowest BCUT2D eigenvalue weighted by molar-refractivity contribution is -0.123. The van der Waals surface area contributed by atoms with E-state index in [2.05, 4.69) is 10.1 Å². The normalized spacial score (nSPS) is 11.8. The number of rotatable bonds is 8. The smallest absolute Gasteiger partial charge is 0.387 e. The van der Waals surface area contributed by atoms with Crippen LogP contribution in [-0.4, -0.2) is 19.1 Å². The molecule has 24 heavy (non-hydrogen) atoms. The van der Waals surface area contributed by atoms with E-state index in [1.54, 1.807) is 42.5 Å². The third kappa shape index (κ3) is 5.22. The second kappa shape index (κ2) is 8.86. The molecule has 2 rings (SSSR count). The van der Waals surface area contributed by atoms with Crippen molar-refractivity contribution < 1.29 is 23.0 Å². The Morgan fingerprint density at radius 3 is 2.42 bits per heavy atom. The number of nitrogens with one attached hydrogen (secondary N) is 1. The van der Waals surface area contributed by atoms with Gasteiger partial charge in [-0.2, -0.15) is 8.78 Å². The molecule has 6 heteroatoms. The summed E-state index contributed by atoms with van der Waals surface area (Å²) in [7, 11) is 0. The van der Waals surface area contributed by atoms with E-state index in [1.165, 1.54) is 6.07 Å². The van der Waals surface area contributed by atoms with Crippen LogP contribution in [0.15, 0.2) is 54.6 Å². The highest BCUT2D eigenvalue weighted by Crippen LogP contribution is 2.28. The molecular weight excluding hydrogens is 316 g/mol. The van der Waals surface area contributed by atoms with Crippen LogP contribution in [0.25, 0.3) is 0 Å². The number of hydrogen-bond donors (Lipinski definition) is 1. The Kier molecular flexibility index (Phi) is 6.54. The molecule has 0 saturated heterocycles. The Balaban J connectivity index is 2.00. The van der Waals surface area contributed by atoms with Gasteiger partial charge in [-0.05, 0) is 24.6 Å². The fraction of sp³-hybridized carbons (Fsp3) is 0.278. The molecule has 1 N–H and O–H groups in total. The maximum Gasteiger partial charge on any atom is 0.387 e. The van der Waals surface area contributed by atoms with Gasteiger partial charge >= 0.3 is 6.61 Å². The minimum atomic E-state index is -2.92. The lowest BCUT2D eigenvalue weighted by Crippen LogP contribution is -2.32. The first-order valence-electron chi connectivity index (χ1n) is 7.61. The highest BCUT2D eigenvalue weighted by molar-refractivity contribution is 5.78. The minimum absolute atomic E-state index is 0.0589. The lowest BCUT2D eigenvalue weighted by atomic mass is 10.0. The maximum absolute atomic E-state index is 12.5. The van der Waals surface area contributed by atoms with Crippen LogP contribution in [0.2, 0.25) is 0 Å². The molecule has 4 nitrogen and oxygen atoms in total. The van der Waals surface area contributed by atoms with Gasteiger partial charge in [0.25, 0.3) is 5.91 Å². The van der Waals surface area contributed by atoms with E-state index in [0.717, 1.165) is 0 Å². The number of ether oxygens (including phenoxy) is 2.